The number of benzene rings is 2. The van der Waals surface area contributed by atoms with Crippen molar-refractivity contribution in [3.8, 4) is 22.9 Å². The zero-order chi connectivity index (χ0) is 21.8. The average Bonchev–Trinajstić information content (AvgIpc) is 3.27. The maximum Gasteiger partial charge on any atom is 0.263 e. The van der Waals surface area contributed by atoms with E-state index in [2.05, 4.69) is 16.2 Å². The number of hydrogen-bond acceptors (Lipinski definition) is 6. The molecule has 0 bridgehead atoms. The lowest BCUT2D eigenvalue weighted by Gasteiger charge is -2.24. The van der Waals surface area contributed by atoms with Gasteiger partial charge in [-0.1, -0.05) is 17.3 Å². The Bertz CT molecular complexity index is 1050. The van der Waals surface area contributed by atoms with Crippen molar-refractivity contribution in [1.29, 1.82) is 0 Å². The van der Waals surface area contributed by atoms with Gasteiger partial charge >= 0.3 is 0 Å². The third kappa shape index (κ3) is 4.71. The summed E-state index contributed by atoms with van der Waals surface area (Å²) in [6.45, 7) is 1.99. The van der Waals surface area contributed by atoms with E-state index in [1.807, 2.05) is 36.4 Å². The molecule has 1 atom stereocenters. The minimum atomic E-state index is -0.609. The molecule has 4 rings (SSSR count). The van der Waals surface area contributed by atoms with Crippen LogP contribution in [-0.2, 0) is 24.2 Å². The summed E-state index contributed by atoms with van der Waals surface area (Å²) in [6.07, 6.45) is 3.82. The third-order valence-electron chi connectivity index (χ3n) is 5.57. The van der Waals surface area contributed by atoms with Crippen molar-refractivity contribution in [3.05, 3.63) is 59.5 Å². The van der Waals surface area contributed by atoms with Crippen LogP contribution in [-0.4, -0.2) is 41.2 Å². The summed E-state index contributed by atoms with van der Waals surface area (Å²) in [5.41, 5.74) is 3.38. The number of amides is 1. The van der Waals surface area contributed by atoms with E-state index >= 15 is 0 Å². The zero-order valence-corrected chi connectivity index (χ0v) is 18.1. The third-order valence-corrected chi connectivity index (χ3v) is 5.57. The Balaban J connectivity index is 1.39. The Kier molecular flexibility index (Phi) is 6.21. The predicted molar refractivity (Wildman–Crippen MR) is 116 cm³/mol. The molecule has 0 aliphatic heterocycles. The van der Waals surface area contributed by atoms with Crippen LogP contribution in [0, 0.1) is 0 Å². The maximum atomic E-state index is 12.9. The van der Waals surface area contributed by atoms with Crippen LogP contribution < -0.4 is 9.47 Å². The number of carbonyl (C=O) groups is 1. The molecule has 7 heteroatoms. The molecule has 162 valence electrons. The number of methoxy groups -OCH3 is 1. The van der Waals surface area contributed by atoms with Crippen LogP contribution in [0.15, 0.2) is 47.0 Å². The highest BCUT2D eigenvalue weighted by Crippen LogP contribution is 2.30. The van der Waals surface area contributed by atoms with E-state index in [4.69, 9.17) is 14.0 Å². The average molecular weight is 421 g/mol. The molecule has 0 saturated carbocycles. The van der Waals surface area contributed by atoms with Crippen molar-refractivity contribution < 1.29 is 18.8 Å². The molecule has 1 aromatic heterocycles. The van der Waals surface area contributed by atoms with E-state index in [-0.39, 0.29) is 12.5 Å². The second kappa shape index (κ2) is 9.20. The number of carbonyl (C=O) groups excluding carboxylic acids is 1. The van der Waals surface area contributed by atoms with Gasteiger partial charge in [0.1, 0.15) is 11.5 Å². The van der Waals surface area contributed by atoms with Crippen LogP contribution in [0.25, 0.3) is 11.4 Å². The number of likely N-dealkylation sites (N-methyl/N-ethyl adjacent to an activating group) is 1. The van der Waals surface area contributed by atoms with Crippen LogP contribution in [0.1, 0.15) is 36.8 Å². The predicted octanol–water partition coefficient (Wildman–Crippen LogP) is 4.05. The van der Waals surface area contributed by atoms with Crippen LogP contribution in [0.5, 0.6) is 11.5 Å². The molecular formula is C24H27N3O4. The summed E-state index contributed by atoms with van der Waals surface area (Å²) in [4.78, 5) is 18.8. The molecule has 0 radical (unpaired) electrons. The summed E-state index contributed by atoms with van der Waals surface area (Å²) in [7, 11) is 3.32. The highest BCUT2D eigenvalue weighted by atomic mass is 16.5. The van der Waals surface area contributed by atoms with E-state index in [1.165, 1.54) is 17.5 Å². The van der Waals surface area contributed by atoms with Gasteiger partial charge in [0.15, 0.2) is 6.10 Å². The second-order valence-corrected chi connectivity index (χ2v) is 7.80. The highest BCUT2D eigenvalue weighted by Gasteiger charge is 2.23. The van der Waals surface area contributed by atoms with Crippen LogP contribution >= 0.6 is 0 Å². The fourth-order valence-corrected chi connectivity index (χ4v) is 3.87. The Labute approximate surface area is 182 Å². The number of nitrogens with zero attached hydrogens (tertiary/aromatic N) is 3. The molecule has 3 aromatic rings. The quantitative estimate of drug-likeness (QED) is 0.573. The summed E-state index contributed by atoms with van der Waals surface area (Å²) < 4.78 is 16.6. The lowest BCUT2D eigenvalue weighted by atomic mass is 9.91. The van der Waals surface area contributed by atoms with Gasteiger partial charge in [0, 0.05) is 12.6 Å². The summed E-state index contributed by atoms with van der Waals surface area (Å²) in [6, 6.07) is 13.5. The second-order valence-electron chi connectivity index (χ2n) is 7.80. The molecule has 0 saturated heterocycles. The summed E-state index contributed by atoms with van der Waals surface area (Å²) in [5, 5.41) is 4.02. The van der Waals surface area contributed by atoms with Crippen LogP contribution in [0.4, 0.5) is 0 Å². The smallest absolute Gasteiger partial charge is 0.263 e. The first kappa shape index (κ1) is 20.9. The van der Waals surface area contributed by atoms with Gasteiger partial charge in [0.25, 0.3) is 5.91 Å². The molecule has 0 unspecified atom stereocenters. The molecule has 1 amide bonds. The van der Waals surface area contributed by atoms with Gasteiger partial charge < -0.3 is 18.9 Å². The molecule has 1 aliphatic rings. The number of hydrogen-bond donors (Lipinski definition) is 0. The van der Waals surface area contributed by atoms with E-state index in [0.717, 1.165) is 36.3 Å². The van der Waals surface area contributed by atoms with Gasteiger partial charge in [-0.3, -0.25) is 4.79 Å². The first-order chi connectivity index (χ1) is 15.0. The Morgan fingerprint density at radius 3 is 2.71 bits per heavy atom. The molecule has 1 heterocycles. The number of fused-ring (bicyclic) bond motifs is 1. The van der Waals surface area contributed by atoms with Crippen molar-refractivity contribution >= 4 is 5.91 Å². The Hall–Kier alpha value is -3.35. The van der Waals surface area contributed by atoms with Gasteiger partial charge in [-0.05, 0) is 74.1 Å². The molecular weight excluding hydrogens is 394 g/mol. The first-order valence-corrected chi connectivity index (χ1v) is 10.5. The van der Waals surface area contributed by atoms with E-state index in [9.17, 15) is 4.79 Å². The van der Waals surface area contributed by atoms with Gasteiger partial charge in [-0.2, -0.15) is 4.98 Å². The van der Waals surface area contributed by atoms with Crippen molar-refractivity contribution in [2.75, 3.05) is 14.2 Å². The Morgan fingerprint density at radius 2 is 1.94 bits per heavy atom. The van der Waals surface area contributed by atoms with Crippen molar-refractivity contribution in [2.24, 2.45) is 0 Å². The van der Waals surface area contributed by atoms with Crippen LogP contribution in [0.2, 0.25) is 0 Å². The zero-order valence-electron chi connectivity index (χ0n) is 18.1. The largest absolute Gasteiger partial charge is 0.497 e. The minimum absolute atomic E-state index is 0.141. The first-order valence-electron chi connectivity index (χ1n) is 10.5. The van der Waals surface area contributed by atoms with E-state index < -0.39 is 6.10 Å². The van der Waals surface area contributed by atoms with Gasteiger partial charge in [-0.15, -0.1) is 0 Å². The fourth-order valence-electron chi connectivity index (χ4n) is 3.87. The highest BCUT2D eigenvalue weighted by molar-refractivity contribution is 5.80. The molecule has 0 N–H and O–H groups in total. The fraction of sp³-hybridized carbons (Fsp3) is 0.375. The van der Waals surface area contributed by atoms with Crippen molar-refractivity contribution in [3.63, 3.8) is 0 Å². The molecule has 2 aromatic carbocycles. The van der Waals surface area contributed by atoms with Crippen LogP contribution in [0.3, 0.4) is 0 Å². The number of aryl methyl sites for hydroxylation is 1. The standard InChI is InChI=1S/C24H27N3O4/c1-16(30-21-10-6-8-17-7-4-5-9-20(17)21)24(28)27(2)15-22-25-23(26-31-22)18-11-13-19(29-3)14-12-18/h6,8,10-14,16H,4-5,7,9,15H2,1-3H3/t16-/m0/s1. The number of rotatable bonds is 7. The molecule has 0 fully saturated rings. The summed E-state index contributed by atoms with van der Waals surface area (Å²) >= 11 is 0. The Morgan fingerprint density at radius 1 is 1.16 bits per heavy atom. The topological polar surface area (TPSA) is 77.7 Å². The van der Waals surface area contributed by atoms with Gasteiger partial charge in [0.05, 0.1) is 13.7 Å². The molecule has 0 spiro atoms. The van der Waals surface area contributed by atoms with E-state index in [0.29, 0.717) is 11.7 Å². The molecule has 7 nitrogen and oxygen atoms in total. The lowest BCUT2D eigenvalue weighted by molar-refractivity contribution is -0.137. The number of ether oxygens (including phenoxy) is 2. The van der Waals surface area contributed by atoms with Crippen molar-refractivity contribution in [1.82, 2.24) is 15.0 Å². The van der Waals surface area contributed by atoms with Gasteiger partial charge in [0.2, 0.25) is 11.7 Å². The monoisotopic (exact) mass is 421 g/mol. The number of aromatic nitrogens is 2. The normalized spacial score (nSPS) is 13.9. The lowest BCUT2D eigenvalue weighted by Crippen LogP contribution is -2.37. The van der Waals surface area contributed by atoms with Crippen molar-refractivity contribution in [2.45, 2.75) is 45.3 Å². The van der Waals surface area contributed by atoms with E-state index in [1.54, 1.807) is 26.0 Å². The SMILES string of the molecule is COc1ccc(-c2noc(CN(C)C(=O)[C@H](C)Oc3cccc4c3CCCC4)n2)cc1. The molecule has 31 heavy (non-hydrogen) atoms. The minimum Gasteiger partial charge on any atom is -0.497 e. The summed E-state index contributed by atoms with van der Waals surface area (Å²) in [5.74, 6) is 2.26. The van der Waals surface area contributed by atoms with Gasteiger partial charge in [-0.25, -0.2) is 0 Å². The maximum absolute atomic E-state index is 12.9. The molecule has 1 aliphatic carbocycles.